The normalized spacial score (nSPS) is 29.4. The zero-order chi connectivity index (χ0) is 12.8. The van der Waals surface area contributed by atoms with Crippen molar-refractivity contribution in [2.75, 3.05) is 45.9 Å². The third-order valence-electron chi connectivity index (χ3n) is 3.75. The van der Waals surface area contributed by atoms with Gasteiger partial charge in [-0.15, -0.1) is 0 Å². The highest BCUT2D eigenvalue weighted by Gasteiger charge is 2.31. The minimum Gasteiger partial charge on any atom is -0.378 e. The van der Waals surface area contributed by atoms with Gasteiger partial charge in [-0.2, -0.15) is 0 Å². The van der Waals surface area contributed by atoms with Gasteiger partial charge in [0.2, 0.25) is 5.91 Å². The maximum atomic E-state index is 12.1. The first-order chi connectivity index (χ1) is 8.81. The molecular weight excluding hydrogens is 230 g/mol. The topological polar surface area (TPSA) is 53.6 Å². The van der Waals surface area contributed by atoms with Gasteiger partial charge in [0.25, 0.3) is 0 Å². The van der Waals surface area contributed by atoms with Gasteiger partial charge in [0, 0.05) is 19.6 Å². The third-order valence-corrected chi connectivity index (χ3v) is 3.75. The molecule has 2 atom stereocenters. The van der Waals surface area contributed by atoms with Crippen molar-refractivity contribution in [3.8, 4) is 0 Å². The second-order valence-corrected chi connectivity index (χ2v) is 5.24. The van der Waals surface area contributed by atoms with Gasteiger partial charge >= 0.3 is 0 Å². The van der Waals surface area contributed by atoms with E-state index in [0.29, 0.717) is 12.5 Å². The largest absolute Gasteiger partial charge is 0.378 e. The van der Waals surface area contributed by atoms with Gasteiger partial charge in [-0.1, -0.05) is 6.92 Å². The fourth-order valence-electron chi connectivity index (χ4n) is 2.67. The molecule has 2 aliphatic heterocycles. The summed E-state index contributed by atoms with van der Waals surface area (Å²) in [5, 5.41) is 6.36. The molecule has 2 rings (SSSR count). The van der Waals surface area contributed by atoms with Crippen molar-refractivity contribution in [3.63, 3.8) is 0 Å². The highest BCUT2D eigenvalue weighted by atomic mass is 16.5. The van der Waals surface area contributed by atoms with Crippen molar-refractivity contribution in [1.82, 2.24) is 15.5 Å². The third kappa shape index (κ3) is 3.67. The van der Waals surface area contributed by atoms with Gasteiger partial charge in [-0.3, -0.25) is 9.69 Å². The molecule has 2 saturated heterocycles. The Labute approximate surface area is 109 Å². The molecule has 1 amide bonds. The fourth-order valence-corrected chi connectivity index (χ4v) is 2.67. The maximum absolute atomic E-state index is 12.1. The number of amides is 1. The van der Waals surface area contributed by atoms with Gasteiger partial charge in [-0.05, 0) is 31.8 Å². The summed E-state index contributed by atoms with van der Waals surface area (Å²) in [5.41, 5.74) is 0. The molecule has 2 unspecified atom stereocenters. The molecule has 0 aliphatic carbocycles. The maximum Gasteiger partial charge on any atom is 0.239 e. The summed E-state index contributed by atoms with van der Waals surface area (Å²) in [4.78, 5) is 14.4. The molecule has 0 aromatic heterocycles. The minimum absolute atomic E-state index is 0.0918. The smallest absolute Gasteiger partial charge is 0.239 e. The van der Waals surface area contributed by atoms with E-state index in [0.717, 1.165) is 45.8 Å². The average Bonchev–Trinajstić information content (AvgIpc) is 2.89. The van der Waals surface area contributed by atoms with E-state index in [1.807, 2.05) is 0 Å². The summed E-state index contributed by atoms with van der Waals surface area (Å²) in [7, 11) is 0. The van der Waals surface area contributed by atoms with Crippen LogP contribution in [0, 0.1) is 5.92 Å². The molecule has 2 heterocycles. The van der Waals surface area contributed by atoms with Gasteiger partial charge in [0.05, 0.1) is 13.2 Å². The van der Waals surface area contributed by atoms with Crippen LogP contribution < -0.4 is 10.6 Å². The van der Waals surface area contributed by atoms with Crippen LogP contribution in [0.2, 0.25) is 0 Å². The molecule has 0 aromatic rings. The average molecular weight is 255 g/mol. The standard InChI is InChI=1S/C13H25N3O2/c1-2-4-15-13(17)12-10-18-7-6-16(12)9-11-3-5-14-8-11/h11-12,14H,2-10H2,1H3,(H,15,17). The first kappa shape index (κ1) is 13.8. The van der Waals surface area contributed by atoms with Crippen LogP contribution in [0.1, 0.15) is 19.8 Å². The first-order valence-electron chi connectivity index (χ1n) is 7.11. The lowest BCUT2D eigenvalue weighted by Crippen LogP contribution is -2.55. The number of hydrogen-bond acceptors (Lipinski definition) is 4. The SMILES string of the molecule is CCCNC(=O)C1COCCN1CC1CCNC1. The number of hydrogen-bond donors (Lipinski definition) is 2. The van der Waals surface area contributed by atoms with Crippen molar-refractivity contribution in [3.05, 3.63) is 0 Å². The molecular formula is C13H25N3O2. The lowest BCUT2D eigenvalue weighted by Gasteiger charge is -2.35. The Bertz CT molecular complexity index is 267. The number of nitrogens with one attached hydrogen (secondary N) is 2. The van der Waals surface area contributed by atoms with Gasteiger partial charge < -0.3 is 15.4 Å². The molecule has 0 bridgehead atoms. The Balaban J connectivity index is 1.85. The number of nitrogens with zero attached hydrogens (tertiary/aromatic N) is 1. The van der Waals surface area contributed by atoms with Crippen LogP contribution in [-0.4, -0.2) is 62.8 Å². The summed E-state index contributed by atoms with van der Waals surface area (Å²) < 4.78 is 5.46. The second-order valence-electron chi connectivity index (χ2n) is 5.24. The molecule has 2 fully saturated rings. The van der Waals surface area contributed by atoms with Crippen LogP contribution in [0.25, 0.3) is 0 Å². The predicted octanol–water partition coefficient (Wildman–Crippen LogP) is -0.177. The molecule has 2 N–H and O–H groups in total. The summed E-state index contributed by atoms with van der Waals surface area (Å²) >= 11 is 0. The molecule has 0 radical (unpaired) electrons. The highest BCUT2D eigenvalue weighted by molar-refractivity contribution is 5.82. The Morgan fingerprint density at radius 3 is 3.17 bits per heavy atom. The van der Waals surface area contributed by atoms with E-state index in [-0.39, 0.29) is 11.9 Å². The number of carbonyl (C=O) groups excluding carboxylic acids is 1. The highest BCUT2D eigenvalue weighted by Crippen LogP contribution is 2.14. The number of morpholine rings is 1. The number of rotatable bonds is 5. The molecule has 0 spiro atoms. The van der Waals surface area contributed by atoms with Crippen molar-refractivity contribution in [1.29, 1.82) is 0 Å². The van der Waals surface area contributed by atoms with E-state index >= 15 is 0 Å². The van der Waals surface area contributed by atoms with Crippen LogP contribution in [-0.2, 0) is 9.53 Å². The summed E-state index contributed by atoms with van der Waals surface area (Å²) in [6.07, 6.45) is 2.20. The number of ether oxygens (including phenoxy) is 1. The Morgan fingerprint density at radius 1 is 1.56 bits per heavy atom. The molecule has 5 heteroatoms. The molecule has 0 aromatic carbocycles. The van der Waals surface area contributed by atoms with Gasteiger partial charge in [-0.25, -0.2) is 0 Å². The van der Waals surface area contributed by atoms with E-state index in [2.05, 4.69) is 22.5 Å². The zero-order valence-electron chi connectivity index (χ0n) is 11.3. The quantitative estimate of drug-likeness (QED) is 0.716. The van der Waals surface area contributed by atoms with Crippen molar-refractivity contribution in [2.45, 2.75) is 25.8 Å². The molecule has 104 valence electrons. The lowest BCUT2D eigenvalue weighted by molar-refractivity contribution is -0.132. The van der Waals surface area contributed by atoms with Crippen LogP contribution in [0.5, 0.6) is 0 Å². The van der Waals surface area contributed by atoms with E-state index in [4.69, 9.17) is 4.74 Å². The first-order valence-corrected chi connectivity index (χ1v) is 7.11. The second kappa shape index (κ2) is 7.07. The predicted molar refractivity (Wildman–Crippen MR) is 70.5 cm³/mol. The monoisotopic (exact) mass is 255 g/mol. The summed E-state index contributed by atoms with van der Waals surface area (Å²) in [6.45, 7) is 8.20. The summed E-state index contributed by atoms with van der Waals surface area (Å²) in [5.74, 6) is 0.812. The van der Waals surface area contributed by atoms with Crippen LogP contribution >= 0.6 is 0 Å². The Hall–Kier alpha value is -0.650. The number of carbonyl (C=O) groups is 1. The van der Waals surface area contributed by atoms with Gasteiger partial charge in [0.15, 0.2) is 0 Å². The van der Waals surface area contributed by atoms with Crippen molar-refractivity contribution >= 4 is 5.91 Å². The Morgan fingerprint density at radius 2 is 2.44 bits per heavy atom. The molecule has 5 nitrogen and oxygen atoms in total. The molecule has 18 heavy (non-hydrogen) atoms. The van der Waals surface area contributed by atoms with Crippen LogP contribution in [0.3, 0.4) is 0 Å². The van der Waals surface area contributed by atoms with E-state index in [9.17, 15) is 4.79 Å². The van der Waals surface area contributed by atoms with Crippen LogP contribution in [0.4, 0.5) is 0 Å². The molecule has 0 saturated carbocycles. The fraction of sp³-hybridized carbons (Fsp3) is 0.923. The lowest BCUT2D eigenvalue weighted by atomic mass is 10.1. The minimum atomic E-state index is -0.0918. The molecule has 2 aliphatic rings. The van der Waals surface area contributed by atoms with Crippen molar-refractivity contribution in [2.24, 2.45) is 5.92 Å². The Kier molecular flexibility index (Phi) is 5.41. The van der Waals surface area contributed by atoms with E-state index in [1.165, 1.54) is 6.42 Å². The van der Waals surface area contributed by atoms with E-state index in [1.54, 1.807) is 0 Å². The van der Waals surface area contributed by atoms with Crippen LogP contribution in [0.15, 0.2) is 0 Å². The summed E-state index contributed by atoms with van der Waals surface area (Å²) in [6, 6.07) is -0.0918. The zero-order valence-corrected chi connectivity index (χ0v) is 11.3. The van der Waals surface area contributed by atoms with Crippen molar-refractivity contribution < 1.29 is 9.53 Å². The van der Waals surface area contributed by atoms with E-state index < -0.39 is 0 Å². The van der Waals surface area contributed by atoms with Gasteiger partial charge in [0.1, 0.15) is 6.04 Å².